The van der Waals surface area contributed by atoms with E-state index in [1.807, 2.05) is 0 Å². The summed E-state index contributed by atoms with van der Waals surface area (Å²) in [5.41, 5.74) is 0. The molecule has 0 radical (unpaired) electrons. The van der Waals surface area contributed by atoms with Gasteiger partial charge in [0.2, 0.25) is 5.91 Å². The summed E-state index contributed by atoms with van der Waals surface area (Å²) in [5, 5.41) is 2.83. The fraction of sp³-hybridized carbons (Fsp3) is 0.941. The van der Waals surface area contributed by atoms with E-state index >= 15 is 0 Å². The molecule has 0 unspecified atom stereocenters. The lowest BCUT2D eigenvalue weighted by molar-refractivity contribution is -0.124. The predicted molar refractivity (Wildman–Crippen MR) is 92.4 cm³/mol. The molecule has 0 aliphatic carbocycles. The number of piperidine rings is 1. The lowest BCUT2D eigenvalue weighted by atomic mass is 9.83. The monoisotopic (exact) mass is 358 g/mol. The molecule has 0 aromatic carbocycles. The van der Waals surface area contributed by atoms with E-state index in [4.69, 9.17) is 4.74 Å². The van der Waals surface area contributed by atoms with E-state index in [1.54, 1.807) is 0 Å². The average Bonchev–Trinajstić information content (AvgIpc) is 2.85. The lowest BCUT2D eigenvalue weighted by Gasteiger charge is -2.36. The number of hydrogen-bond donors (Lipinski definition) is 1. The Balaban J connectivity index is 1.42. The van der Waals surface area contributed by atoms with Gasteiger partial charge in [0.1, 0.15) is 0 Å². The molecule has 0 aromatic heterocycles. The second kappa shape index (κ2) is 7.30. The highest BCUT2D eigenvalue weighted by Crippen LogP contribution is 2.36. The zero-order chi connectivity index (χ0) is 17.3. The molecule has 3 saturated heterocycles. The molecule has 3 aliphatic heterocycles. The van der Waals surface area contributed by atoms with Gasteiger partial charge in [0.25, 0.3) is 0 Å². The van der Waals surface area contributed by atoms with Crippen LogP contribution in [-0.2, 0) is 19.4 Å². The Morgan fingerprint density at radius 3 is 2.75 bits per heavy atom. The summed E-state index contributed by atoms with van der Waals surface area (Å²) in [6.07, 6.45) is 2.69. The van der Waals surface area contributed by atoms with E-state index in [2.05, 4.69) is 24.1 Å². The van der Waals surface area contributed by atoms with Crippen LogP contribution in [0, 0.1) is 17.8 Å². The topological polar surface area (TPSA) is 75.7 Å². The Bertz CT molecular complexity index is 551. The van der Waals surface area contributed by atoms with Gasteiger partial charge < -0.3 is 15.0 Å². The number of sulfone groups is 1. The van der Waals surface area contributed by atoms with Gasteiger partial charge in [-0.15, -0.1) is 0 Å². The molecule has 0 saturated carbocycles. The van der Waals surface area contributed by atoms with Crippen molar-refractivity contribution in [3.8, 4) is 0 Å². The number of hydrogen-bond acceptors (Lipinski definition) is 5. The van der Waals surface area contributed by atoms with Crippen LogP contribution in [0.15, 0.2) is 0 Å². The van der Waals surface area contributed by atoms with Crippen molar-refractivity contribution >= 4 is 15.7 Å². The van der Waals surface area contributed by atoms with Crippen molar-refractivity contribution in [2.75, 3.05) is 37.7 Å². The van der Waals surface area contributed by atoms with Gasteiger partial charge in [-0.2, -0.15) is 0 Å². The fourth-order valence-corrected chi connectivity index (χ4v) is 5.43. The summed E-state index contributed by atoms with van der Waals surface area (Å²) in [5.74, 6) is 1.84. The van der Waals surface area contributed by atoms with Crippen molar-refractivity contribution in [2.24, 2.45) is 17.8 Å². The summed E-state index contributed by atoms with van der Waals surface area (Å²) >= 11 is 0. The first-order valence-corrected chi connectivity index (χ1v) is 11.0. The Labute approximate surface area is 145 Å². The van der Waals surface area contributed by atoms with E-state index in [-0.39, 0.29) is 29.6 Å². The average molecular weight is 359 g/mol. The Morgan fingerprint density at radius 1 is 1.33 bits per heavy atom. The van der Waals surface area contributed by atoms with Gasteiger partial charge in [0.05, 0.1) is 36.7 Å². The maximum Gasteiger partial charge on any atom is 0.222 e. The van der Waals surface area contributed by atoms with E-state index in [0.29, 0.717) is 18.3 Å². The van der Waals surface area contributed by atoms with Crippen LogP contribution < -0.4 is 5.32 Å². The summed E-state index contributed by atoms with van der Waals surface area (Å²) in [4.78, 5) is 14.7. The van der Waals surface area contributed by atoms with Crippen molar-refractivity contribution < 1.29 is 17.9 Å². The molecule has 0 aromatic rings. The van der Waals surface area contributed by atoms with Crippen LogP contribution in [0.25, 0.3) is 0 Å². The van der Waals surface area contributed by atoms with Crippen LogP contribution >= 0.6 is 0 Å². The Kier molecular flexibility index (Phi) is 5.52. The number of nitrogens with zero attached hydrogens (tertiary/aromatic N) is 1. The molecule has 24 heavy (non-hydrogen) atoms. The van der Waals surface area contributed by atoms with E-state index in [1.165, 1.54) is 6.42 Å². The van der Waals surface area contributed by atoms with Gasteiger partial charge in [-0.1, -0.05) is 13.8 Å². The third-order valence-electron chi connectivity index (χ3n) is 5.56. The summed E-state index contributed by atoms with van der Waals surface area (Å²) in [7, 11) is -2.89. The van der Waals surface area contributed by atoms with Crippen molar-refractivity contribution in [2.45, 2.75) is 45.3 Å². The molecular formula is C17H30N2O4S. The molecular weight excluding hydrogens is 328 g/mol. The van der Waals surface area contributed by atoms with Gasteiger partial charge >= 0.3 is 0 Å². The van der Waals surface area contributed by atoms with Crippen LogP contribution in [0.1, 0.15) is 33.1 Å². The van der Waals surface area contributed by atoms with Gasteiger partial charge in [0, 0.05) is 12.5 Å². The van der Waals surface area contributed by atoms with Crippen LogP contribution in [0.2, 0.25) is 0 Å². The largest absolute Gasteiger partial charge is 0.377 e. The smallest absolute Gasteiger partial charge is 0.222 e. The van der Waals surface area contributed by atoms with Crippen molar-refractivity contribution in [1.82, 2.24) is 10.2 Å². The zero-order valence-electron chi connectivity index (χ0n) is 14.7. The SMILES string of the molecule is CC(C)CCN1CC[C@@H]2[C@@H](CO[C@H]2CC(=O)NC2CS(=O)(=O)C2)C1. The third kappa shape index (κ3) is 4.49. The van der Waals surface area contributed by atoms with Gasteiger partial charge in [0.15, 0.2) is 9.84 Å². The first kappa shape index (κ1) is 18.1. The highest BCUT2D eigenvalue weighted by molar-refractivity contribution is 7.92. The zero-order valence-corrected chi connectivity index (χ0v) is 15.6. The molecule has 0 bridgehead atoms. The van der Waals surface area contributed by atoms with Gasteiger partial charge in [-0.25, -0.2) is 8.42 Å². The number of carbonyl (C=O) groups excluding carboxylic acids is 1. The first-order chi connectivity index (χ1) is 11.3. The van der Waals surface area contributed by atoms with Crippen LogP contribution in [-0.4, -0.2) is 69.1 Å². The van der Waals surface area contributed by atoms with Crippen LogP contribution in [0.3, 0.4) is 0 Å². The second-order valence-corrected chi connectivity index (χ2v) is 10.3. The van der Waals surface area contributed by atoms with Gasteiger partial charge in [-0.05, 0) is 37.8 Å². The van der Waals surface area contributed by atoms with Crippen LogP contribution in [0.4, 0.5) is 0 Å². The Morgan fingerprint density at radius 2 is 2.08 bits per heavy atom. The molecule has 7 heteroatoms. The number of likely N-dealkylation sites (tertiary alicyclic amines) is 1. The van der Waals surface area contributed by atoms with Crippen molar-refractivity contribution in [3.63, 3.8) is 0 Å². The minimum absolute atomic E-state index is 0.000988. The number of ether oxygens (including phenoxy) is 1. The first-order valence-electron chi connectivity index (χ1n) is 9.16. The van der Waals surface area contributed by atoms with E-state index in [0.717, 1.165) is 38.6 Å². The maximum atomic E-state index is 12.1. The highest BCUT2D eigenvalue weighted by Gasteiger charge is 2.42. The minimum atomic E-state index is -2.89. The molecule has 0 spiro atoms. The van der Waals surface area contributed by atoms with Crippen LogP contribution in [0.5, 0.6) is 0 Å². The summed E-state index contributed by atoms with van der Waals surface area (Å²) in [6, 6.07) is -0.197. The normalized spacial score (nSPS) is 33.2. The molecule has 3 fully saturated rings. The van der Waals surface area contributed by atoms with E-state index < -0.39 is 9.84 Å². The van der Waals surface area contributed by atoms with Crippen molar-refractivity contribution in [3.05, 3.63) is 0 Å². The standard InChI is InChI=1S/C17H30N2O4S/c1-12(2)3-5-19-6-4-15-13(8-19)9-23-16(15)7-17(20)18-14-10-24(21,22)11-14/h12-16H,3-11H2,1-2H3,(H,18,20)/t13-,15-,16+/m1/s1. The quantitative estimate of drug-likeness (QED) is 0.755. The summed E-state index contributed by atoms with van der Waals surface area (Å²) in [6.45, 7) is 8.59. The lowest BCUT2D eigenvalue weighted by Crippen LogP contribution is -2.53. The maximum absolute atomic E-state index is 12.1. The van der Waals surface area contributed by atoms with E-state index in [9.17, 15) is 13.2 Å². The number of fused-ring (bicyclic) bond motifs is 1. The van der Waals surface area contributed by atoms with Crippen molar-refractivity contribution in [1.29, 1.82) is 0 Å². The number of nitrogens with one attached hydrogen (secondary N) is 1. The third-order valence-corrected chi connectivity index (χ3v) is 7.38. The number of amides is 1. The molecule has 3 aliphatic rings. The highest BCUT2D eigenvalue weighted by atomic mass is 32.2. The number of rotatable bonds is 6. The predicted octanol–water partition coefficient (Wildman–Crippen LogP) is 0.673. The fourth-order valence-electron chi connectivity index (χ4n) is 4.13. The van der Waals surface area contributed by atoms with Gasteiger partial charge in [-0.3, -0.25) is 4.79 Å². The number of carbonyl (C=O) groups is 1. The molecule has 6 nitrogen and oxygen atoms in total. The molecule has 3 heterocycles. The minimum Gasteiger partial charge on any atom is -0.377 e. The molecule has 1 amide bonds. The molecule has 1 N–H and O–H groups in total. The Hall–Kier alpha value is -0.660. The summed E-state index contributed by atoms with van der Waals surface area (Å²) < 4.78 is 28.2. The second-order valence-electron chi connectivity index (χ2n) is 8.11. The molecule has 3 rings (SSSR count). The molecule has 3 atom stereocenters. The molecule has 138 valence electrons.